The van der Waals surface area contributed by atoms with Crippen molar-refractivity contribution >= 4 is 11.6 Å². The Morgan fingerprint density at radius 1 is 1.30 bits per heavy atom. The van der Waals surface area contributed by atoms with Gasteiger partial charge in [0.15, 0.2) is 0 Å². The van der Waals surface area contributed by atoms with E-state index in [0.29, 0.717) is 30.4 Å². The first-order chi connectivity index (χ1) is 14.6. The Balaban J connectivity index is 1.26. The van der Waals surface area contributed by atoms with Crippen molar-refractivity contribution in [2.75, 3.05) is 26.2 Å². The van der Waals surface area contributed by atoms with E-state index in [1.54, 1.807) is 12.1 Å². The number of hydrogen-bond donors (Lipinski definition) is 1. The summed E-state index contributed by atoms with van der Waals surface area (Å²) in [7, 11) is 0. The van der Waals surface area contributed by atoms with E-state index >= 15 is 0 Å². The van der Waals surface area contributed by atoms with Crippen LogP contribution in [0.1, 0.15) is 31.6 Å². The van der Waals surface area contributed by atoms with E-state index < -0.39 is 4.92 Å². The van der Waals surface area contributed by atoms with Crippen molar-refractivity contribution in [3.63, 3.8) is 0 Å². The standard InChI is InChI=1S/C20H25N5O5/c26-20(21-12-17-5-2-10-29-17)14-6-8-24(9-7-14)13-18-22-19(23-30-18)15-3-1-4-16(11-15)25(27)28/h1,3-4,11,14,17H,2,5-10,12-13H2,(H,21,26)/t17-/m0/s1. The molecule has 2 fully saturated rings. The first kappa shape index (κ1) is 20.4. The van der Waals surface area contributed by atoms with Gasteiger partial charge in [-0.1, -0.05) is 17.3 Å². The predicted molar refractivity (Wildman–Crippen MR) is 106 cm³/mol. The van der Waals surface area contributed by atoms with Crippen molar-refractivity contribution in [3.05, 3.63) is 40.3 Å². The highest BCUT2D eigenvalue weighted by molar-refractivity contribution is 5.78. The summed E-state index contributed by atoms with van der Waals surface area (Å²) in [6.45, 7) is 3.42. The molecular weight excluding hydrogens is 390 g/mol. The van der Waals surface area contributed by atoms with Crippen molar-refractivity contribution in [2.24, 2.45) is 5.92 Å². The number of ether oxygens (including phenoxy) is 1. The lowest BCUT2D eigenvalue weighted by Crippen LogP contribution is -2.42. The quantitative estimate of drug-likeness (QED) is 0.539. The minimum Gasteiger partial charge on any atom is -0.376 e. The van der Waals surface area contributed by atoms with Gasteiger partial charge in [-0.3, -0.25) is 19.8 Å². The SMILES string of the molecule is O=C(NC[C@@H]1CCCO1)C1CCN(Cc2nc(-c3cccc([N+](=O)[O-])c3)no2)CC1. The molecule has 0 unspecified atom stereocenters. The number of nitro groups is 1. The third-order valence-corrected chi connectivity index (χ3v) is 5.63. The van der Waals surface area contributed by atoms with E-state index in [4.69, 9.17) is 9.26 Å². The van der Waals surface area contributed by atoms with Gasteiger partial charge < -0.3 is 14.6 Å². The van der Waals surface area contributed by atoms with Crippen LogP contribution in [-0.4, -0.2) is 58.2 Å². The molecule has 2 aliphatic rings. The third-order valence-electron chi connectivity index (χ3n) is 5.63. The molecule has 0 spiro atoms. The van der Waals surface area contributed by atoms with Gasteiger partial charge in [0, 0.05) is 36.8 Å². The van der Waals surface area contributed by atoms with Crippen LogP contribution in [0.5, 0.6) is 0 Å². The summed E-state index contributed by atoms with van der Waals surface area (Å²) < 4.78 is 10.9. The fourth-order valence-electron chi connectivity index (χ4n) is 3.90. The Morgan fingerprint density at radius 3 is 2.87 bits per heavy atom. The lowest BCUT2D eigenvalue weighted by Gasteiger charge is -2.30. The van der Waals surface area contributed by atoms with Crippen LogP contribution in [0, 0.1) is 16.0 Å². The van der Waals surface area contributed by atoms with Crippen molar-refractivity contribution in [2.45, 2.75) is 38.3 Å². The molecule has 0 bridgehead atoms. The first-order valence-corrected chi connectivity index (χ1v) is 10.3. The molecule has 0 saturated carbocycles. The number of non-ortho nitro benzene ring substituents is 1. The summed E-state index contributed by atoms with van der Waals surface area (Å²) in [5.74, 6) is 0.913. The summed E-state index contributed by atoms with van der Waals surface area (Å²) in [6, 6.07) is 6.15. The molecule has 4 rings (SSSR count). The van der Waals surface area contributed by atoms with Crippen LogP contribution in [0.2, 0.25) is 0 Å². The van der Waals surface area contributed by atoms with Crippen molar-refractivity contribution < 1.29 is 19.0 Å². The number of rotatable bonds is 7. The molecule has 10 nitrogen and oxygen atoms in total. The van der Waals surface area contributed by atoms with Crippen molar-refractivity contribution in [3.8, 4) is 11.4 Å². The summed E-state index contributed by atoms with van der Waals surface area (Å²) in [4.78, 5) is 29.4. The van der Waals surface area contributed by atoms with Crippen molar-refractivity contribution in [1.82, 2.24) is 20.4 Å². The number of piperidine rings is 1. The highest BCUT2D eigenvalue weighted by atomic mass is 16.6. The molecule has 0 aliphatic carbocycles. The highest BCUT2D eigenvalue weighted by Crippen LogP contribution is 2.23. The maximum atomic E-state index is 12.4. The summed E-state index contributed by atoms with van der Waals surface area (Å²) in [5, 5.41) is 17.9. The first-order valence-electron chi connectivity index (χ1n) is 10.3. The number of likely N-dealkylation sites (tertiary alicyclic amines) is 1. The number of nitrogens with zero attached hydrogens (tertiary/aromatic N) is 4. The van der Waals surface area contributed by atoms with E-state index in [0.717, 1.165) is 45.4 Å². The maximum Gasteiger partial charge on any atom is 0.270 e. The average Bonchev–Trinajstić information content (AvgIpc) is 3.45. The number of aromatic nitrogens is 2. The van der Waals surface area contributed by atoms with Gasteiger partial charge in [0.25, 0.3) is 5.69 Å². The molecule has 0 radical (unpaired) electrons. The minimum atomic E-state index is -0.453. The Hall–Kier alpha value is -2.85. The van der Waals surface area contributed by atoms with Gasteiger partial charge in [-0.2, -0.15) is 4.98 Å². The van der Waals surface area contributed by atoms with Crippen LogP contribution in [-0.2, 0) is 16.1 Å². The fourth-order valence-corrected chi connectivity index (χ4v) is 3.90. The smallest absolute Gasteiger partial charge is 0.270 e. The average molecular weight is 415 g/mol. The molecule has 1 aromatic heterocycles. The second kappa shape index (κ2) is 9.31. The normalized spacial score (nSPS) is 20.3. The lowest BCUT2D eigenvalue weighted by molar-refractivity contribution is -0.384. The van der Waals surface area contributed by atoms with E-state index in [2.05, 4.69) is 20.4 Å². The van der Waals surface area contributed by atoms with Crippen LogP contribution in [0.3, 0.4) is 0 Å². The minimum absolute atomic E-state index is 0.0151. The van der Waals surface area contributed by atoms with E-state index in [-0.39, 0.29) is 23.6 Å². The van der Waals surface area contributed by atoms with Gasteiger partial charge >= 0.3 is 0 Å². The molecule has 2 saturated heterocycles. The van der Waals surface area contributed by atoms with E-state index in [9.17, 15) is 14.9 Å². The van der Waals surface area contributed by atoms with Gasteiger partial charge in [0.2, 0.25) is 17.6 Å². The Kier molecular flexibility index (Phi) is 6.34. The van der Waals surface area contributed by atoms with Gasteiger partial charge in [-0.25, -0.2) is 0 Å². The van der Waals surface area contributed by atoms with Gasteiger partial charge in [0.05, 0.1) is 17.6 Å². The van der Waals surface area contributed by atoms with Gasteiger partial charge in [-0.15, -0.1) is 0 Å². The van der Waals surface area contributed by atoms with Crippen molar-refractivity contribution in [1.29, 1.82) is 0 Å². The zero-order chi connectivity index (χ0) is 20.9. The predicted octanol–water partition coefficient (Wildman–Crippen LogP) is 2.15. The molecule has 2 aliphatic heterocycles. The summed E-state index contributed by atoms with van der Waals surface area (Å²) in [5.41, 5.74) is 0.527. The molecular formula is C20H25N5O5. The Bertz CT molecular complexity index is 887. The number of hydrogen-bond acceptors (Lipinski definition) is 8. The lowest BCUT2D eigenvalue weighted by atomic mass is 9.96. The third kappa shape index (κ3) is 5.00. The Labute approximate surface area is 173 Å². The number of nitro benzene ring substituents is 1. The largest absolute Gasteiger partial charge is 0.376 e. The molecule has 10 heteroatoms. The number of carbonyl (C=O) groups excluding carboxylic acids is 1. The van der Waals surface area contributed by atoms with Crippen LogP contribution in [0.15, 0.2) is 28.8 Å². The summed E-state index contributed by atoms with van der Waals surface area (Å²) in [6.07, 6.45) is 3.80. The second-order valence-corrected chi connectivity index (χ2v) is 7.75. The molecule has 1 N–H and O–H groups in total. The molecule has 1 amide bonds. The van der Waals surface area contributed by atoms with Crippen LogP contribution in [0.25, 0.3) is 11.4 Å². The topological polar surface area (TPSA) is 124 Å². The molecule has 160 valence electrons. The highest BCUT2D eigenvalue weighted by Gasteiger charge is 2.27. The maximum absolute atomic E-state index is 12.4. The molecule has 30 heavy (non-hydrogen) atoms. The fraction of sp³-hybridized carbons (Fsp3) is 0.550. The second-order valence-electron chi connectivity index (χ2n) is 7.75. The summed E-state index contributed by atoms with van der Waals surface area (Å²) >= 11 is 0. The Morgan fingerprint density at radius 2 is 2.13 bits per heavy atom. The number of benzene rings is 1. The number of nitrogens with one attached hydrogen (secondary N) is 1. The molecule has 1 aromatic carbocycles. The van der Waals surface area contributed by atoms with E-state index in [1.807, 2.05) is 0 Å². The number of carbonyl (C=O) groups is 1. The van der Waals surface area contributed by atoms with E-state index in [1.165, 1.54) is 12.1 Å². The molecule has 1 atom stereocenters. The van der Waals surface area contributed by atoms with Gasteiger partial charge in [-0.05, 0) is 38.8 Å². The van der Waals surface area contributed by atoms with Gasteiger partial charge in [0.1, 0.15) is 0 Å². The van der Waals surface area contributed by atoms with Crippen LogP contribution in [0.4, 0.5) is 5.69 Å². The molecule has 2 aromatic rings. The van der Waals surface area contributed by atoms with Crippen LogP contribution < -0.4 is 5.32 Å². The zero-order valence-corrected chi connectivity index (χ0v) is 16.7. The monoisotopic (exact) mass is 415 g/mol. The zero-order valence-electron chi connectivity index (χ0n) is 16.7. The molecule has 3 heterocycles. The van der Waals surface area contributed by atoms with Crippen LogP contribution >= 0.6 is 0 Å². The number of amides is 1.